The van der Waals surface area contributed by atoms with Gasteiger partial charge >= 0.3 is 0 Å². The number of rotatable bonds is 8. The predicted molar refractivity (Wildman–Crippen MR) is 97.6 cm³/mol. The van der Waals surface area contributed by atoms with E-state index in [0.717, 1.165) is 11.3 Å². The molecule has 2 rings (SSSR count). The van der Waals surface area contributed by atoms with Gasteiger partial charge in [0.05, 0.1) is 6.10 Å². The van der Waals surface area contributed by atoms with Crippen LogP contribution in [0.15, 0.2) is 59.5 Å². The number of carbonyl (C=O) groups is 1. The van der Waals surface area contributed by atoms with E-state index in [9.17, 15) is 9.90 Å². The summed E-state index contributed by atoms with van der Waals surface area (Å²) in [6, 6.07) is 10.1. The summed E-state index contributed by atoms with van der Waals surface area (Å²) in [6.45, 7) is 6.13. The number of ketones is 1. The third-order valence-corrected chi connectivity index (χ3v) is 5.51. The Morgan fingerprint density at radius 2 is 2.09 bits per heavy atom. The summed E-state index contributed by atoms with van der Waals surface area (Å²) in [5.41, 5.74) is 0.573. The van der Waals surface area contributed by atoms with Gasteiger partial charge in [-0.2, -0.15) is 0 Å². The topological polar surface area (TPSA) is 37.3 Å². The molecule has 23 heavy (non-hydrogen) atoms. The normalized spacial score (nSPS) is 22.9. The summed E-state index contributed by atoms with van der Waals surface area (Å²) in [6.07, 6.45) is 8.62. The fourth-order valence-electron chi connectivity index (χ4n) is 2.91. The molecule has 3 heteroatoms. The first kappa shape index (κ1) is 18.0. The Hall–Kier alpha value is -1.32. The van der Waals surface area contributed by atoms with E-state index in [1.165, 1.54) is 19.3 Å². The van der Waals surface area contributed by atoms with Gasteiger partial charge in [-0.25, -0.2) is 0 Å². The van der Waals surface area contributed by atoms with Gasteiger partial charge in [0.25, 0.3) is 0 Å². The van der Waals surface area contributed by atoms with Crippen molar-refractivity contribution in [3.8, 4) is 0 Å². The minimum absolute atomic E-state index is 0.000504. The number of hydrogen-bond acceptors (Lipinski definition) is 3. The second kappa shape index (κ2) is 9.09. The van der Waals surface area contributed by atoms with E-state index < -0.39 is 6.10 Å². The minimum Gasteiger partial charge on any atom is -0.392 e. The fourth-order valence-corrected chi connectivity index (χ4v) is 4.22. The molecule has 1 aliphatic carbocycles. The Balaban J connectivity index is 2.10. The van der Waals surface area contributed by atoms with E-state index in [1.807, 2.05) is 18.2 Å². The van der Waals surface area contributed by atoms with Gasteiger partial charge < -0.3 is 5.11 Å². The number of aliphatic hydroxyl groups is 1. The first-order valence-electron chi connectivity index (χ1n) is 8.42. The van der Waals surface area contributed by atoms with Crippen LogP contribution in [0.1, 0.15) is 39.0 Å². The lowest BCUT2D eigenvalue weighted by atomic mass is 9.97. The summed E-state index contributed by atoms with van der Waals surface area (Å²) in [4.78, 5) is 13.0. The summed E-state index contributed by atoms with van der Waals surface area (Å²) in [5, 5.41) is 10.3. The highest BCUT2D eigenvalue weighted by atomic mass is 32.2. The van der Waals surface area contributed by atoms with Crippen LogP contribution in [0.4, 0.5) is 0 Å². The lowest BCUT2D eigenvalue weighted by Crippen LogP contribution is -2.24. The Morgan fingerprint density at radius 1 is 1.35 bits per heavy atom. The van der Waals surface area contributed by atoms with Crippen LogP contribution < -0.4 is 0 Å². The molecule has 0 saturated heterocycles. The maximum atomic E-state index is 11.9. The number of allylic oxidation sites excluding steroid dienone is 1. The molecule has 0 spiro atoms. The number of carbonyl (C=O) groups excluding carboxylic acids is 1. The van der Waals surface area contributed by atoms with Crippen LogP contribution in [0, 0.1) is 5.92 Å². The van der Waals surface area contributed by atoms with Crippen LogP contribution in [0.2, 0.25) is 0 Å². The SMILES string of the molecule is C=C1C(=O)CC(O)C1C(C=CCCCCC)Sc1ccccc1. The molecule has 2 nitrogen and oxygen atoms in total. The van der Waals surface area contributed by atoms with Gasteiger partial charge in [0.2, 0.25) is 0 Å². The van der Waals surface area contributed by atoms with E-state index in [0.29, 0.717) is 5.57 Å². The van der Waals surface area contributed by atoms with Crippen molar-refractivity contribution in [2.45, 2.75) is 55.3 Å². The van der Waals surface area contributed by atoms with Gasteiger partial charge in [0, 0.05) is 22.5 Å². The molecular formula is C20H26O2S. The number of benzene rings is 1. The van der Waals surface area contributed by atoms with Crippen LogP contribution in [0.3, 0.4) is 0 Å². The van der Waals surface area contributed by atoms with E-state index >= 15 is 0 Å². The highest BCUT2D eigenvalue weighted by molar-refractivity contribution is 8.00. The van der Waals surface area contributed by atoms with Crippen LogP contribution in [-0.2, 0) is 4.79 Å². The van der Waals surface area contributed by atoms with E-state index in [-0.39, 0.29) is 23.4 Å². The Labute approximate surface area is 143 Å². The standard InChI is InChI=1S/C20H26O2S/c1-3-4-5-6-10-13-19(23-16-11-8-7-9-12-16)20-15(2)17(21)14-18(20)22/h7-13,18-20,22H,2-6,14H2,1H3. The number of thioether (sulfide) groups is 1. The van der Waals surface area contributed by atoms with Crippen molar-refractivity contribution in [2.75, 3.05) is 0 Å². The second-order valence-electron chi connectivity index (χ2n) is 6.07. The van der Waals surface area contributed by atoms with Gasteiger partial charge in [0.1, 0.15) is 0 Å². The van der Waals surface area contributed by atoms with Crippen molar-refractivity contribution in [2.24, 2.45) is 5.92 Å². The van der Waals surface area contributed by atoms with Crippen molar-refractivity contribution < 1.29 is 9.90 Å². The van der Waals surface area contributed by atoms with E-state index in [4.69, 9.17) is 0 Å². The summed E-state index contributed by atoms with van der Waals surface area (Å²) in [5.74, 6) is -0.185. The average molecular weight is 330 g/mol. The number of Topliss-reactive ketones (excluding diaryl/α,β-unsaturated/α-hetero) is 1. The minimum atomic E-state index is -0.614. The number of aliphatic hydroxyl groups excluding tert-OH is 1. The maximum absolute atomic E-state index is 11.9. The third kappa shape index (κ3) is 5.08. The van der Waals surface area contributed by atoms with Crippen molar-refractivity contribution in [1.29, 1.82) is 0 Å². The quantitative estimate of drug-likeness (QED) is 0.322. The number of unbranched alkanes of at least 4 members (excludes halogenated alkanes) is 3. The number of hydrogen-bond donors (Lipinski definition) is 1. The molecule has 1 aromatic carbocycles. The van der Waals surface area contributed by atoms with Gasteiger partial charge in [-0.05, 0) is 30.5 Å². The molecule has 0 bridgehead atoms. The van der Waals surface area contributed by atoms with Crippen LogP contribution in [0.5, 0.6) is 0 Å². The molecule has 1 saturated carbocycles. The van der Waals surface area contributed by atoms with Crippen molar-refractivity contribution >= 4 is 17.5 Å². The molecule has 3 unspecified atom stereocenters. The van der Waals surface area contributed by atoms with E-state index in [1.54, 1.807) is 11.8 Å². The van der Waals surface area contributed by atoms with Gasteiger partial charge in [-0.1, -0.05) is 56.7 Å². The smallest absolute Gasteiger partial charge is 0.161 e. The van der Waals surface area contributed by atoms with Gasteiger partial charge in [-0.3, -0.25) is 4.79 Å². The molecule has 1 fully saturated rings. The summed E-state index contributed by atoms with van der Waals surface area (Å²) >= 11 is 1.70. The molecule has 0 amide bonds. The van der Waals surface area contributed by atoms with Gasteiger partial charge in [-0.15, -0.1) is 11.8 Å². The Kier molecular flexibility index (Phi) is 7.13. The van der Waals surface area contributed by atoms with Crippen LogP contribution in [-0.4, -0.2) is 22.2 Å². The van der Waals surface area contributed by atoms with Gasteiger partial charge in [0.15, 0.2) is 5.78 Å². The second-order valence-corrected chi connectivity index (χ2v) is 7.32. The zero-order chi connectivity index (χ0) is 16.7. The first-order valence-corrected chi connectivity index (χ1v) is 9.30. The molecule has 0 aliphatic heterocycles. The zero-order valence-corrected chi connectivity index (χ0v) is 14.6. The van der Waals surface area contributed by atoms with Crippen LogP contribution in [0.25, 0.3) is 0 Å². The molecule has 1 aromatic rings. The summed E-state index contributed by atoms with van der Waals surface area (Å²) in [7, 11) is 0. The van der Waals surface area contributed by atoms with Crippen molar-refractivity contribution in [3.05, 3.63) is 54.6 Å². The Morgan fingerprint density at radius 3 is 2.70 bits per heavy atom. The lowest BCUT2D eigenvalue weighted by molar-refractivity contribution is -0.115. The summed E-state index contributed by atoms with van der Waals surface area (Å²) < 4.78 is 0. The Bertz CT molecular complexity index is 550. The molecule has 124 valence electrons. The van der Waals surface area contributed by atoms with E-state index in [2.05, 4.69) is 37.8 Å². The largest absolute Gasteiger partial charge is 0.392 e. The van der Waals surface area contributed by atoms with Crippen molar-refractivity contribution in [1.82, 2.24) is 0 Å². The molecule has 0 aromatic heterocycles. The lowest BCUT2D eigenvalue weighted by Gasteiger charge is -2.23. The predicted octanol–water partition coefficient (Wildman–Crippen LogP) is 4.79. The molecule has 0 radical (unpaired) electrons. The highest BCUT2D eigenvalue weighted by Gasteiger charge is 2.39. The fraction of sp³-hybridized carbons (Fsp3) is 0.450. The van der Waals surface area contributed by atoms with Crippen molar-refractivity contribution in [3.63, 3.8) is 0 Å². The molecule has 3 atom stereocenters. The molecular weight excluding hydrogens is 304 g/mol. The molecule has 0 heterocycles. The maximum Gasteiger partial charge on any atom is 0.161 e. The average Bonchev–Trinajstić information content (AvgIpc) is 2.80. The zero-order valence-electron chi connectivity index (χ0n) is 13.8. The third-order valence-electron chi connectivity index (χ3n) is 4.24. The molecule has 1 aliphatic rings. The highest BCUT2D eigenvalue weighted by Crippen LogP contribution is 2.39. The van der Waals surface area contributed by atoms with Crippen LogP contribution >= 0.6 is 11.8 Å². The first-order chi connectivity index (χ1) is 11.1. The molecule has 1 N–H and O–H groups in total. The monoisotopic (exact) mass is 330 g/mol.